The largest absolute Gasteiger partial charge is 0.495 e. The van der Waals surface area contributed by atoms with Crippen LogP contribution in [0.1, 0.15) is 26.2 Å². The third kappa shape index (κ3) is 3.18. The Morgan fingerprint density at radius 1 is 1.54 bits per heavy atom. The van der Waals surface area contributed by atoms with E-state index in [1.165, 1.54) is 0 Å². The predicted octanol–water partition coefficient (Wildman–Crippen LogP) is 2.80. The summed E-state index contributed by atoms with van der Waals surface area (Å²) in [5, 5.41) is 3.60. The molecule has 1 aliphatic carbocycles. The molecule has 3 unspecified atom stereocenters. The van der Waals surface area contributed by atoms with E-state index in [2.05, 4.69) is 10.3 Å². The number of aliphatic imine (C=N–C) groups is 1. The maximum Gasteiger partial charge on any atom is 0.193 e. The highest BCUT2D eigenvalue weighted by molar-refractivity contribution is 6.32. The number of nitrogens with two attached hydrogens (primary N) is 1. The van der Waals surface area contributed by atoms with Gasteiger partial charge < -0.3 is 25.3 Å². The van der Waals surface area contributed by atoms with Crippen molar-refractivity contribution < 1.29 is 14.2 Å². The number of hydrogen-bond acceptors (Lipinski definition) is 4. The highest BCUT2D eigenvalue weighted by Crippen LogP contribution is 2.47. The zero-order valence-corrected chi connectivity index (χ0v) is 14.8. The maximum absolute atomic E-state index is 6.13. The molecule has 1 heterocycles. The van der Waals surface area contributed by atoms with Crippen LogP contribution in [0.5, 0.6) is 5.75 Å². The van der Waals surface area contributed by atoms with Crippen LogP contribution in [0.2, 0.25) is 5.02 Å². The molecule has 2 fully saturated rings. The summed E-state index contributed by atoms with van der Waals surface area (Å²) in [4.78, 5) is 4.62. The Hall–Kier alpha value is -1.50. The zero-order valence-electron chi connectivity index (χ0n) is 14.0. The Balaban J connectivity index is 1.68. The van der Waals surface area contributed by atoms with E-state index < -0.39 is 0 Å². The Morgan fingerprint density at radius 3 is 3.00 bits per heavy atom. The summed E-state index contributed by atoms with van der Waals surface area (Å²) in [6.07, 6.45) is 2.95. The summed E-state index contributed by atoms with van der Waals surface area (Å²) in [6, 6.07) is 5.42. The SMILES string of the molecule is CCOC1CC(N=C(N)Nc2ccc(OC)c(Cl)c2)C12CCCO2. The number of methoxy groups -OCH3 is 1. The van der Waals surface area contributed by atoms with Gasteiger partial charge in [0.1, 0.15) is 11.4 Å². The predicted molar refractivity (Wildman–Crippen MR) is 95.0 cm³/mol. The van der Waals surface area contributed by atoms with Crippen molar-refractivity contribution in [3.8, 4) is 5.75 Å². The second-order valence-electron chi connectivity index (χ2n) is 6.09. The van der Waals surface area contributed by atoms with Gasteiger partial charge in [-0.15, -0.1) is 0 Å². The Morgan fingerprint density at radius 2 is 2.38 bits per heavy atom. The van der Waals surface area contributed by atoms with Crippen LogP contribution in [0.15, 0.2) is 23.2 Å². The van der Waals surface area contributed by atoms with Crippen LogP contribution in [-0.4, -0.2) is 44.0 Å². The van der Waals surface area contributed by atoms with Crippen molar-refractivity contribution in [1.29, 1.82) is 0 Å². The van der Waals surface area contributed by atoms with E-state index in [9.17, 15) is 0 Å². The first-order valence-corrected chi connectivity index (χ1v) is 8.66. The van der Waals surface area contributed by atoms with Crippen molar-refractivity contribution in [2.75, 3.05) is 25.6 Å². The van der Waals surface area contributed by atoms with Crippen molar-refractivity contribution >= 4 is 23.2 Å². The maximum atomic E-state index is 6.13. The zero-order chi connectivity index (χ0) is 17.2. The number of nitrogens with zero attached hydrogens (tertiary/aromatic N) is 1. The Bertz CT molecular complexity index is 617. The molecule has 6 nitrogen and oxygen atoms in total. The lowest BCUT2D eigenvalue weighted by atomic mass is 9.70. The van der Waals surface area contributed by atoms with Gasteiger partial charge in [0.2, 0.25) is 0 Å². The second kappa shape index (κ2) is 7.17. The number of nitrogens with one attached hydrogen (secondary N) is 1. The Kier molecular flexibility index (Phi) is 5.18. The molecule has 0 radical (unpaired) electrons. The summed E-state index contributed by atoms with van der Waals surface area (Å²) < 4.78 is 16.9. The number of halogens is 1. The summed E-state index contributed by atoms with van der Waals surface area (Å²) in [6.45, 7) is 3.45. The lowest BCUT2D eigenvalue weighted by Gasteiger charge is -2.50. The van der Waals surface area contributed by atoms with Crippen LogP contribution in [0.4, 0.5) is 5.69 Å². The molecule has 132 valence electrons. The van der Waals surface area contributed by atoms with Gasteiger partial charge >= 0.3 is 0 Å². The van der Waals surface area contributed by atoms with Gasteiger partial charge in [-0.1, -0.05) is 11.6 Å². The van der Waals surface area contributed by atoms with Crippen molar-refractivity contribution in [3.05, 3.63) is 23.2 Å². The van der Waals surface area contributed by atoms with E-state index in [0.29, 0.717) is 23.3 Å². The topological polar surface area (TPSA) is 78.1 Å². The molecular formula is C17H24ClN3O3. The average molecular weight is 354 g/mol. The molecule has 0 bridgehead atoms. The first-order chi connectivity index (χ1) is 11.6. The van der Waals surface area contributed by atoms with Gasteiger partial charge in [0, 0.05) is 25.3 Å². The monoisotopic (exact) mass is 353 g/mol. The van der Waals surface area contributed by atoms with Crippen LogP contribution in [0, 0.1) is 0 Å². The number of rotatable bonds is 5. The number of benzene rings is 1. The smallest absolute Gasteiger partial charge is 0.193 e. The molecule has 1 aromatic carbocycles. The van der Waals surface area contributed by atoms with Crippen molar-refractivity contribution in [1.82, 2.24) is 0 Å². The molecule has 0 aromatic heterocycles. The standard InChI is InChI=1S/C17H24ClN3O3/c1-3-23-15-10-14(17(15)7-4-8-24-17)21-16(19)20-11-5-6-13(22-2)12(18)9-11/h5-6,9,14-15H,3-4,7-8,10H2,1-2H3,(H3,19,20,21). The van der Waals surface area contributed by atoms with E-state index in [1.54, 1.807) is 19.2 Å². The van der Waals surface area contributed by atoms with Gasteiger partial charge in [0.15, 0.2) is 5.96 Å². The van der Waals surface area contributed by atoms with E-state index in [4.69, 9.17) is 31.5 Å². The fourth-order valence-electron chi connectivity index (χ4n) is 3.52. The lowest BCUT2D eigenvalue weighted by Crippen LogP contribution is -2.63. The fourth-order valence-corrected chi connectivity index (χ4v) is 3.78. The molecule has 3 rings (SSSR count). The van der Waals surface area contributed by atoms with Crippen LogP contribution >= 0.6 is 11.6 Å². The Labute approximate surface area is 147 Å². The number of guanidine groups is 1. The third-order valence-corrected chi connectivity index (χ3v) is 5.01. The summed E-state index contributed by atoms with van der Waals surface area (Å²) in [5.41, 5.74) is 6.54. The molecule has 1 aromatic rings. The summed E-state index contributed by atoms with van der Waals surface area (Å²) in [7, 11) is 1.58. The average Bonchev–Trinajstić information content (AvgIpc) is 3.07. The first kappa shape index (κ1) is 17.3. The van der Waals surface area contributed by atoms with E-state index in [1.807, 2.05) is 13.0 Å². The van der Waals surface area contributed by atoms with Gasteiger partial charge in [-0.2, -0.15) is 0 Å². The molecule has 24 heavy (non-hydrogen) atoms. The number of anilines is 1. The minimum atomic E-state index is -0.306. The number of ether oxygens (including phenoxy) is 3. The van der Waals surface area contributed by atoms with Gasteiger partial charge in [-0.3, -0.25) is 0 Å². The van der Waals surface area contributed by atoms with Crippen molar-refractivity contribution in [2.45, 2.75) is 43.9 Å². The molecule has 3 atom stereocenters. The second-order valence-corrected chi connectivity index (χ2v) is 6.50. The molecule has 2 aliphatic rings. The molecule has 0 amide bonds. The van der Waals surface area contributed by atoms with Crippen molar-refractivity contribution in [2.24, 2.45) is 10.7 Å². The molecule has 3 N–H and O–H groups in total. The van der Waals surface area contributed by atoms with Gasteiger partial charge in [-0.25, -0.2) is 4.99 Å². The van der Waals surface area contributed by atoms with Crippen LogP contribution in [0.25, 0.3) is 0 Å². The first-order valence-electron chi connectivity index (χ1n) is 8.28. The molecular weight excluding hydrogens is 330 g/mol. The fraction of sp³-hybridized carbons (Fsp3) is 0.588. The van der Waals surface area contributed by atoms with Gasteiger partial charge in [0.25, 0.3) is 0 Å². The molecule has 1 spiro atoms. The lowest BCUT2D eigenvalue weighted by molar-refractivity contribution is -0.188. The highest BCUT2D eigenvalue weighted by atomic mass is 35.5. The van der Waals surface area contributed by atoms with Gasteiger partial charge in [-0.05, 0) is 38.0 Å². The molecule has 1 saturated heterocycles. The minimum absolute atomic E-state index is 0.0257. The quantitative estimate of drug-likeness (QED) is 0.628. The molecule has 1 saturated carbocycles. The minimum Gasteiger partial charge on any atom is -0.495 e. The van der Waals surface area contributed by atoms with Crippen LogP contribution in [0.3, 0.4) is 0 Å². The van der Waals surface area contributed by atoms with Crippen molar-refractivity contribution in [3.63, 3.8) is 0 Å². The number of hydrogen-bond donors (Lipinski definition) is 2. The van der Waals surface area contributed by atoms with E-state index in [-0.39, 0.29) is 17.7 Å². The van der Waals surface area contributed by atoms with Crippen LogP contribution in [-0.2, 0) is 9.47 Å². The van der Waals surface area contributed by atoms with Gasteiger partial charge in [0.05, 0.1) is 24.3 Å². The third-order valence-electron chi connectivity index (χ3n) is 4.72. The summed E-state index contributed by atoms with van der Waals surface area (Å²) >= 11 is 6.13. The molecule has 7 heteroatoms. The summed E-state index contributed by atoms with van der Waals surface area (Å²) in [5.74, 6) is 0.973. The highest BCUT2D eigenvalue weighted by Gasteiger charge is 2.59. The normalized spacial score (nSPS) is 29.5. The molecule has 1 aliphatic heterocycles. The van der Waals surface area contributed by atoms with Crippen LogP contribution < -0.4 is 15.8 Å². The van der Waals surface area contributed by atoms with E-state index >= 15 is 0 Å². The van der Waals surface area contributed by atoms with E-state index in [0.717, 1.165) is 31.6 Å².